The van der Waals surface area contributed by atoms with E-state index >= 15 is 0 Å². The smallest absolute Gasteiger partial charge is 0.275 e. The number of hydrogen-bond acceptors (Lipinski definition) is 3. The molecule has 0 radical (unpaired) electrons. The average molecular weight is 391 g/mol. The second-order valence-electron chi connectivity index (χ2n) is 6.62. The predicted octanol–water partition coefficient (Wildman–Crippen LogP) is 5.11. The van der Waals surface area contributed by atoms with Crippen molar-refractivity contribution in [2.24, 2.45) is 0 Å². The first-order valence-electron chi connectivity index (χ1n) is 8.81. The largest absolute Gasteiger partial charge is 0.416 e. The minimum absolute atomic E-state index is 0.111. The average Bonchev–Trinajstić information content (AvgIpc) is 2.72. The van der Waals surface area contributed by atoms with Gasteiger partial charge in [-0.15, -0.1) is 0 Å². The predicted molar refractivity (Wildman–Crippen MR) is 105 cm³/mol. The van der Waals surface area contributed by atoms with Crippen LogP contribution >= 0.6 is 0 Å². The van der Waals surface area contributed by atoms with Gasteiger partial charge in [-0.2, -0.15) is 13.2 Å². The quantitative estimate of drug-likeness (QED) is 0.295. The summed E-state index contributed by atoms with van der Waals surface area (Å²) in [6, 6.07) is 18.9. The Labute approximate surface area is 161 Å². The molecule has 0 aliphatic rings. The maximum absolute atomic E-state index is 13.3. The lowest BCUT2D eigenvalue weighted by Crippen LogP contribution is -2.21. The van der Waals surface area contributed by atoms with E-state index in [0.717, 1.165) is 12.1 Å². The number of fused-ring (bicyclic) bond motifs is 4. The lowest BCUT2D eigenvalue weighted by atomic mass is 10.1. The molecule has 2 heterocycles. The molecular weight excluding hydrogens is 379 g/mol. The Morgan fingerprint density at radius 2 is 1.41 bits per heavy atom. The molecule has 0 atom stereocenters. The van der Waals surface area contributed by atoms with Crippen molar-refractivity contribution in [2.75, 3.05) is 0 Å². The van der Waals surface area contributed by atoms with Crippen LogP contribution in [0.25, 0.3) is 38.7 Å². The van der Waals surface area contributed by atoms with Crippen LogP contribution in [-0.2, 0) is 6.18 Å². The van der Waals surface area contributed by atoms with Gasteiger partial charge in [0.15, 0.2) is 5.52 Å². The van der Waals surface area contributed by atoms with Crippen LogP contribution in [0.3, 0.4) is 0 Å². The van der Waals surface area contributed by atoms with E-state index in [1.54, 1.807) is 42.5 Å². The van der Waals surface area contributed by atoms with Gasteiger partial charge in [-0.05, 0) is 36.4 Å². The standard InChI is InChI=1S/C22H12F3N3O/c23-22(24,25)13-6-5-7-14(12-13)28-18-11-4-1-8-15(18)19-20(21(28)29)27-17-10-3-2-9-16(17)26-19/h1-12H. The summed E-state index contributed by atoms with van der Waals surface area (Å²) in [6.07, 6.45) is -4.51. The van der Waals surface area contributed by atoms with Crippen LogP contribution in [-0.4, -0.2) is 14.5 Å². The van der Waals surface area contributed by atoms with Crippen LogP contribution in [0.4, 0.5) is 13.2 Å². The number of benzene rings is 3. The molecule has 0 unspecified atom stereocenters. The van der Waals surface area contributed by atoms with Gasteiger partial charge in [0, 0.05) is 11.1 Å². The first kappa shape index (κ1) is 17.4. The van der Waals surface area contributed by atoms with Crippen LogP contribution in [0.5, 0.6) is 0 Å². The highest BCUT2D eigenvalue weighted by Gasteiger charge is 2.30. The summed E-state index contributed by atoms with van der Waals surface area (Å²) < 4.78 is 40.9. The molecule has 7 heteroatoms. The molecule has 0 aliphatic heterocycles. The Hall–Kier alpha value is -3.74. The van der Waals surface area contributed by atoms with Crippen molar-refractivity contribution in [3.05, 3.63) is 88.7 Å². The Morgan fingerprint density at radius 1 is 0.759 bits per heavy atom. The summed E-state index contributed by atoms with van der Waals surface area (Å²) in [4.78, 5) is 22.4. The van der Waals surface area contributed by atoms with E-state index in [1.165, 1.54) is 16.7 Å². The molecule has 0 saturated carbocycles. The summed E-state index contributed by atoms with van der Waals surface area (Å²) in [6.45, 7) is 0. The zero-order valence-electron chi connectivity index (χ0n) is 14.8. The van der Waals surface area contributed by atoms with Crippen molar-refractivity contribution < 1.29 is 13.2 Å². The summed E-state index contributed by atoms with van der Waals surface area (Å²) >= 11 is 0. The minimum Gasteiger partial charge on any atom is -0.275 e. The summed E-state index contributed by atoms with van der Waals surface area (Å²) in [7, 11) is 0. The fourth-order valence-corrected chi connectivity index (χ4v) is 3.50. The Morgan fingerprint density at radius 3 is 2.14 bits per heavy atom. The maximum atomic E-state index is 13.3. The number of hydrogen-bond donors (Lipinski definition) is 0. The van der Waals surface area contributed by atoms with E-state index in [-0.39, 0.29) is 11.2 Å². The number of halogens is 3. The van der Waals surface area contributed by atoms with E-state index in [1.807, 2.05) is 6.07 Å². The molecule has 0 amide bonds. The summed E-state index contributed by atoms with van der Waals surface area (Å²) in [5, 5.41) is 0.637. The molecule has 5 aromatic rings. The van der Waals surface area contributed by atoms with Crippen LogP contribution in [0.2, 0.25) is 0 Å². The fraction of sp³-hybridized carbons (Fsp3) is 0.0455. The van der Waals surface area contributed by atoms with Crippen LogP contribution < -0.4 is 5.56 Å². The van der Waals surface area contributed by atoms with E-state index in [9.17, 15) is 18.0 Å². The number of aromatic nitrogens is 3. The second-order valence-corrected chi connectivity index (χ2v) is 6.62. The summed E-state index contributed by atoms with van der Waals surface area (Å²) in [5.41, 5.74) is 0.968. The third-order valence-electron chi connectivity index (χ3n) is 4.81. The SMILES string of the molecule is O=c1c2nc3ccccc3nc2c2ccccc2n1-c1cccc(C(F)(F)F)c1. The molecule has 2 aromatic heterocycles. The molecule has 0 bridgehead atoms. The Bertz CT molecular complexity index is 1470. The normalized spacial score (nSPS) is 12.1. The van der Waals surface area contributed by atoms with Crippen molar-refractivity contribution in [2.45, 2.75) is 6.18 Å². The maximum Gasteiger partial charge on any atom is 0.416 e. The second kappa shape index (κ2) is 6.13. The third-order valence-corrected chi connectivity index (χ3v) is 4.81. The number of pyridine rings is 1. The van der Waals surface area contributed by atoms with E-state index in [0.29, 0.717) is 27.5 Å². The first-order valence-corrected chi connectivity index (χ1v) is 8.81. The molecule has 29 heavy (non-hydrogen) atoms. The molecule has 5 rings (SSSR count). The fourth-order valence-electron chi connectivity index (χ4n) is 3.50. The highest BCUT2D eigenvalue weighted by Crippen LogP contribution is 2.31. The monoisotopic (exact) mass is 391 g/mol. The molecule has 0 fully saturated rings. The number of para-hydroxylation sites is 3. The topological polar surface area (TPSA) is 47.8 Å². The highest BCUT2D eigenvalue weighted by molar-refractivity contribution is 6.04. The van der Waals surface area contributed by atoms with Gasteiger partial charge >= 0.3 is 6.18 Å². The molecular formula is C22H12F3N3O. The zero-order valence-corrected chi connectivity index (χ0v) is 14.8. The van der Waals surface area contributed by atoms with Gasteiger partial charge in [0.05, 0.1) is 22.1 Å². The van der Waals surface area contributed by atoms with Gasteiger partial charge in [-0.3, -0.25) is 9.36 Å². The molecule has 3 aromatic carbocycles. The molecule has 0 N–H and O–H groups in total. The van der Waals surface area contributed by atoms with Crippen LogP contribution in [0.15, 0.2) is 77.6 Å². The van der Waals surface area contributed by atoms with Gasteiger partial charge in [0.2, 0.25) is 0 Å². The van der Waals surface area contributed by atoms with E-state index < -0.39 is 17.3 Å². The Kier molecular flexibility index (Phi) is 3.67. The van der Waals surface area contributed by atoms with E-state index in [2.05, 4.69) is 9.97 Å². The number of rotatable bonds is 1. The van der Waals surface area contributed by atoms with Gasteiger partial charge < -0.3 is 0 Å². The molecule has 0 aliphatic carbocycles. The van der Waals surface area contributed by atoms with Crippen molar-refractivity contribution in [3.63, 3.8) is 0 Å². The lowest BCUT2D eigenvalue weighted by molar-refractivity contribution is -0.137. The first-order chi connectivity index (χ1) is 13.9. The van der Waals surface area contributed by atoms with Crippen molar-refractivity contribution in [1.29, 1.82) is 0 Å². The van der Waals surface area contributed by atoms with Crippen molar-refractivity contribution in [3.8, 4) is 5.69 Å². The summed E-state index contributed by atoms with van der Waals surface area (Å²) in [5.74, 6) is 0. The van der Waals surface area contributed by atoms with Gasteiger partial charge in [-0.1, -0.05) is 36.4 Å². The third kappa shape index (κ3) is 2.74. The van der Waals surface area contributed by atoms with Crippen molar-refractivity contribution >= 4 is 33.0 Å². The molecule has 4 nitrogen and oxygen atoms in total. The van der Waals surface area contributed by atoms with Crippen LogP contribution in [0, 0.1) is 0 Å². The minimum atomic E-state index is -4.51. The van der Waals surface area contributed by atoms with Gasteiger partial charge in [-0.25, -0.2) is 9.97 Å². The van der Waals surface area contributed by atoms with E-state index in [4.69, 9.17) is 0 Å². The molecule has 0 saturated heterocycles. The number of nitrogens with zero attached hydrogens (tertiary/aromatic N) is 3. The van der Waals surface area contributed by atoms with Crippen molar-refractivity contribution in [1.82, 2.24) is 14.5 Å². The Balaban J connectivity index is 1.94. The molecule has 142 valence electrons. The zero-order chi connectivity index (χ0) is 20.2. The van der Waals surface area contributed by atoms with Gasteiger partial charge in [0.1, 0.15) is 5.52 Å². The highest BCUT2D eigenvalue weighted by atomic mass is 19.4. The lowest BCUT2D eigenvalue weighted by Gasteiger charge is -2.14. The molecule has 0 spiro atoms. The number of alkyl halides is 3. The van der Waals surface area contributed by atoms with Crippen LogP contribution in [0.1, 0.15) is 5.56 Å². The van der Waals surface area contributed by atoms with Gasteiger partial charge in [0.25, 0.3) is 5.56 Å².